The first-order valence-corrected chi connectivity index (χ1v) is 10.7. The molecule has 0 saturated heterocycles. The molecule has 0 spiro atoms. The molecular formula is C27H28O4. The van der Waals surface area contributed by atoms with Crippen LogP contribution in [0.3, 0.4) is 0 Å². The number of phenolic OH excluding ortho intramolecular Hbond substituents is 1. The molecule has 0 amide bonds. The van der Waals surface area contributed by atoms with Crippen molar-refractivity contribution in [1.29, 1.82) is 0 Å². The number of phenols is 1. The predicted molar refractivity (Wildman–Crippen MR) is 122 cm³/mol. The second-order valence-electron chi connectivity index (χ2n) is 8.24. The Morgan fingerprint density at radius 1 is 1.06 bits per heavy atom. The summed E-state index contributed by atoms with van der Waals surface area (Å²) in [6, 6.07) is 18.4. The summed E-state index contributed by atoms with van der Waals surface area (Å²) < 4.78 is 10.6. The van der Waals surface area contributed by atoms with Crippen molar-refractivity contribution in [2.75, 3.05) is 13.7 Å². The van der Waals surface area contributed by atoms with E-state index in [1.54, 1.807) is 0 Å². The minimum atomic E-state index is -0.218. The lowest BCUT2D eigenvalue weighted by molar-refractivity contribution is -0.141. The van der Waals surface area contributed by atoms with Crippen LogP contribution in [0.5, 0.6) is 11.5 Å². The van der Waals surface area contributed by atoms with Crippen LogP contribution >= 0.6 is 0 Å². The molecule has 0 aliphatic carbocycles. The number of para-hydroxylation sites is 1. The SMILES string of the molecule is COC(=O)C[C@@H]1COc2cc(CCc3cccc(-c4c(C)cccc4C)c3O)ccc21. The topological polar surface area (TPSA) is 55.8 Å². The zero-order valence-electron chi connectivity index (χ0n) is 18.3. The summed E-state index contributed by atoms with van der Waals surface area (Å²) in [5.74, 6) is 1.04. The van der Waals surface area contributed by atoms with E-state index in [4.69, 9.17) is 9.47 Å². The lowest BCUT2D eigenvalue weighted by Gasteiger charge is -2.14. The number of hydrogen-bond acceptors (Lipinski definition) is 4. The summed E-state index contributed by atoms with van der Waals surface area (Å²) >= 11 is 0. The lowest BCUT2D eigenvalue weighted by Crippen LogP contribution is -2.09. The van der Waals surface area contributed by atoms with Gasteiger partial charge in [0.1, 0.15) is 11.5 Å². The third kappa shape index (κ3) is 4.29. The van der Waals surface area contributed by atoms with Crippen LogP contribution in [0.1, 0.15) is 40.2 Å². The minimum absolute atomic E-state index is 0.0505. The van der Waals surface area contributed by atoms with Crippen molar-refractivity contribution >= 4 is 5.97 Å². The fraction of sp³-hybridized carbons (Fsp3) is 0.296. The number of ether oxygens (including phenoxy) is 2. The monoisotopic (exact) mass is 416 g/mol. The normalized spacial score (nSPS) is 14.7. The van der Waals surface area contributed by atoms with Crippen LogP contribution in [0, 0.1) is 13.8 Å². The Balaban J connectivity index is 1.51. The van der Waals surface area contributed by atoms with Crippen LogP contribution in [0.25, 0.3) is 11.1 Å². The first kappa shape index (κ1) is 21.0. The molecule has 4 rings (SSSR count). The highest BCUT2D eigenvalue weighted by Crippen LogP contribution is 2.38. The van der Waals surface area contributed by atoms with E-state index in [1.165, 1.54) is 7.11 Å². The van der Waals surface area contributed by atoms with E-state index in [0.717, 1.165) is 57.5 Å². The minimum Gasteiger partial charge on any atom is -0.507 e. The maximum atomic E-state index is 11.6. The van der Waals surface area contributed by atoms with Gasteiger partial charge in [0.2, 0.25) is 0 Å². The van der Waals surface area contributed by atoms with Crippen molar-refractivity contribution in [3.05, 3.63) is 82.4 Å². The molecule has 0 radical (unpaired) electrons. The van der Waals surface area contributed by atoms with Gasteiger partial charge in [0, 0.05) is 17.0 Å². The third-order valence-electron chi connectivity index (χ3n) is 6.15. The molecule has 1 atom stereocenters. The van der Waals surface area contributed by atoms with Gasteiger partial charge >= 0.3 is 5.97 Å². The van der Waals surface area contributed by atoms with Gasteiger partial charge < -0.3 is 14.6 Å². The van der Waals surface area contributed by atoms with Crippen molar-refractivity contribution in [1.82, 2.24) is 0 Å². The van der Waals surface area contributed by atoms with Crippen LogP contribution in [0.4, 0.5) is 0 Å². The van der Waals surface area contributed by atoms with Crippen molar-refractivity contribution in [3.8, 4) is 22.6 Å². The molecule has 0 unspecified atom stereocenters. The number of aryl methyl sites for hydroxylation is 4. The molecule has 4 heteroatoms. The molecule has 0 saturated carbocycles. The number of carbonyl (C=O) groups is 1. The summed E-state index contributed by atoms with van der Waals surface area (Å²) in [7, 11) is 1.41. The summed E-state index contributed by atoms with van der Waals surface area (Å²) in [5, 5.41) is 11.0. The van der Waals surface area contributed by atoms with Gasteiger partial charge in [0.05, 0.1) is 20.1 Å². The van der Waals surface area contributed by atoms with Crippen LogP contribution in [0.15, 0.2) is 54.6 Å². The van der Waals surface area contributed by atoms with Crippen LogP contribution in [-0.2, 0) is 22.4 Å². The predicted octanol–water partition coefficient (Wildman–Crippen LogP) is 5.50. The number of carbonyl (C=O) groups excluding carboxylic acids is 1. The largest absolute Gasteiger partial charge is 0.507 e. The fourth-order valence-corrected chi connectivity index (χ4v) is 4.44. The van der Waals surface area contributed by atoms with E-state index in [-0.39, 0.29) is 11.9 Å². The number of aromatic hydroxyl groups is 1. The molecule has 31 heavy (non-hydrogen) atoms. The second kappa shape index (κ2) is 8.84. The molecule has 1 aliphatic rings. The quantitative estimate of drug-likeness (QED) is 0.539. The van der Waals surface area contributed by atoms with Crippen LogP contribution in [-0.4, -0.2) is 24.8 Å². The zero-order valence-corrected chi connectivity index (χ0v) is 18.3. The van der Waals surface area contributed by atoms with Crippen LogP contribution in [0.2, 0.25) is 0 Å². The molecule has 4 nitrogen and oxygen atoms in total. The Morgan fingerprint density at radius 3 is 2.55 bits per heavy atom. The molecular weight excluding hydrogens is 388 g/mol. The number of methoxy groups -OCH3 is 1. The molecule has 1 aliphatic heterocycles. The Bertz CT molecular complexity index is 1100. The number of benzene rings is 3. The van der Waals surface area contributed by atoms with E-state index in [1.807, 2.05) is 24.3 Å². The van der Waals surface area contributed by atoms with E-state index in [9.17, 15) is 9.90 Å². The molecule has 0 fully saturated rings. The van der Waals surface area contributed by atoms with E-state index in [0.29, 0.717) is 18.8 Å². The average molecular weight is 417 g/mol. The first-order valence-electron chi connectivity index (χ1n) is 10.7. The number of hydrogen-bond donors (Lipinski definition) is 1. The van der Waals surface area contributed by atoms with E-state index in [2.05, 4.69) is 44.2 Å². The van der Waals surface area contributed by atoms with Gasteiger partial charge in [-0.2, -0.15) is 0 Å². The molecule has 0 bridgehead atoms. The summed E-state index contributed by atoms with van der Waals surface area (Å²) in [5.41, 5.74) is 7.45. The molecule has 1 N–H and O–H groups in total. The fourth-order valence-electron chi connectivity index (χ4n) is 4.44. The van der Waals surface area contributed by atoms with Gasteiger partial charge in [-0.1, -0.05) is 48.5 Å². The van der Waals surface area contributed by atoms with Crippen molar-refractivity contribution < 1.29 is 19.4 Å². The standard InChI is InChI=1S/C27H28O4/c1-17-6-4-7-18(2)26(17)23-9-5-8-20(27(23)29)12-10-19-11-13-22-21(15-25(28)30-3)16-31-24(22)14-19/h4-9,11,13-14,21,29H,10,12,15-16H2,1-3H3/t21-/m1/s1. The molecule has 0 aromatic heterocycles. The Morgan fingerprint density at radius 2 is 1.81 bits per heavy atom. The van der Waals surface area contributed by atoms with Crippen molar-refractivity contribution in [2.45, 2.75) is 39.0 Å². The Kier molecular flexibility index (Phi) is 5.99. The summed E-state index contributed by atoms with van der Waals surface area (Å²) in [6.07, 6.45) is 1.86. The lowest BCUT2D eigenvalue weighted by atomic mass is 9.92. The van der Waals surface area contributed by atoms with Gasteiger partial charge in [-0.25, -0.2) is 0 Å². The second-order valence-corrected chi connectivity index (χ2v) is 8.24. The van der Waals surface area contributed by atoms with Gasteiger partial charge in [-0.3, -0.25) is 4.79 Å². The molecule has 3 aromatic carbocycles. The summed E-state index contributed by atoms with van der Waals surface area (Å²) in [4.78, 5) is 11.6. The van der Waals surface area contributed by atoms with E-state index < -0.39 is 0 Å². The number of fused-ring (bicyclic) bond motifs is 1. The van der Waals surface area contributed by atoms with Gasteiger partial charge in [-0.15, -0.1) is 0 Å². The first-order chi connectivity index (χ1) is 15.0. The maximum absolute atomic E-state index is 11.6. The summed E-state index contributed by atoms with van der Waals surface area (Å²) in [6.45, 7) is 4.66. The van der Waals surface area contributed by atoms with Gasteiger partial charge in [0.25, 0.3) is 0 Å². The number of esters is 1. The molecule has 1 heterocycles. The Labute approximate surface area is 183 Å². The van der Waals surface area contributed by atoms with Gasteiger partial charge in [0.15, 0.2) is 0 Å². The molecule has 160 valence electrons. The van der Waals surface area contributed by atoms with Gasteiger partial charge in [-0.05, 0) is 60.6 Å². The maximum Gasteiger partial charge on any atom is 0.306 e. The highest BCUT2D eigenvalue weighted by Gasteiger charge is 2.27. The number of rotatable bonds is 6. The Hall–Kier alpha value is -3.27. The zero-order chi connectivity index (χ0) is 22.0. The highest BCUT2D eigenvalue weighted by atomic mass is 16.5. The van der Waals surface area contributed by atoms with Crippen LogP contribution < -0.4 is 4.74 Å². The average Bonchev–Trinajstić information content (AvgIpc) is 3.15. The highest BCUT2D eigenvalue weighted by molar-refractivity contribution is 5.77. The smallest absolute Gasteiger partial charge is 0.306 e. The molecule has 3 aromatic rings. The third-order valence-corrected chi connectivity index (χ3v) is 6.15. The van der Waals surface area contributed by atoms with Crippen molar-refractivity contribution in [2.24, 2.45) is 0 Å². The van der Waals surface area contributed by atoms with Crippen molar-refractivity contribution in [3.63, 3.8) is 0 Å². The van der Waals surface area contributed by atoms with E-state index >= 15 is 0 Å².